The van der Waals surface area contributed by atoms with Crippen molar-refractivity contribution in [1.29, 1.82) is 0 Å². The van der Waals surface area contributed by atoms with Crippen LogP contribution in [-0.4, -0.2) is 28.0 Å². The fraction of sp³-hybridized carbons (Fsp3) is 0.333. The second-order valence-corrected chi connectivity index (χ2v) is 4.02. The Labute approximate surface area is 113 Å². The molecule has 1 aromatic heterocycles. The third-order valence-electron chi connectivity index (χ3n) is 1.97. The molecule has 0 aromatic carbocycles. The van der Waals surface area contributed by atoms with Crippen molar-refractivity contribution in [2.45, 2.75) is 26.6 Å². The van der Waals surface area contributed by atoms with Crippen molar-refractivity contribution in [2.75, 3.05) is 0 Å². The van der Waals surface area contributed by atoms with Gasteiger partial charge in [-0.2, -0.15) is 0 Å². The van der Waals surface area contributed by atoms with Gasteiger partial charge in [0.2, 0.25) is 0 Å². The molecule has 1 heterocycles. The van der Waals surface area contributed by atoms with Crippen LogP contribution in [0.2, 0.25) is 0 Å². The second-order valence-electron chi connectivity index (χ2n) is 4.02. The topological polar surface area (TPSA) is 118 Å². The normalized spacial score (nSPS) is 10.8. The van der Waals surface area contributed by atoms with Crippen molar-refractivity contribution < 1.29 is 19.1 Å². The van der Waals surface area contributed by atoms with E-state index in [0.29, 0.717) is 0 Å². The number of ether oxygens (including phenoxy) is 2. The van der Waals surface area contributed by atoms with Crippen LogP contribution >= 0.6 is 0 Å². The summed E-state index contributed by atoms with van der Waals surface area (Å²) in [5, 5.41) is 0. The summed E-state index contributed by atoms with van der Waals surface area (Å²) in [6, 6.07) is 0. The number of hydrogen-bond donors (Lipinski definition) is 2. The van der Waals surface area contributed by atoms with Crippen molar-refractivity contribution in [3.05, 3.63) is 44.8 Å². The molecule has 0 saturated heterocycles. The van der Waals surface area contributed by atoms with E-state index in [0.717, 1.165) is 18.3 Å². The number of H-pyrrole nitrogens is 2. The first-order valence-corrected chi connectivity index (χ1v) is 5.75. The van der Waals surface area contributed by atoms with Crippen molar-refractivity contribution in [1.82, 2.24) is 9.97 Å². The molecule has 0 atom stereocenters. The van der Waals surface area contributed by atoms with E-state index < -0.39 is 23.2 Å². The highest BCUT2D eigenvalue weighted by Gasteiger charge is 2.05. The summed E-state index contributed by atoms with van der Waals surface area (Å²) in [5.41, 5.74) is -1.22. The summed E-state index contributed by atoms with van der Waals surface area (Å²) < 4.78 is 9.50. The summed E-state index contributed by atoms with van der Waals surface area (Å²) >= 11 is 0. The SMILES string of the molecule is CC(C)OC(=O)/C=C/C(=O)OCc1c[nH]c(=O)[nH]c1=O. The Hall–Kier alpha value is -2.64. The zero-order valence-corrected chi connectivity index (χ0v) is 11.0. The van der Waals surface area contributed by atoms with E-state index in [1.54, 1.807) is 13.8 Å². The Morgan fingerprint density at radius 2 is 1.90 bits per heavy atom. The maximum Gasteiger partial charge on any atom is 0.331 e. The molecule has 1 aromatic rings. The minimum atomic E-state index is -0.809. The molecule has 0 fully saturated rings. The molecule has 0 radical (unpaired) electrons. The first-order valence-electron chi connectivity index (χ1n) is 5.75. The van der Waals surface area contributed by atoms with E-state index in [1.165, 1.54) is 0 Å². The highest BCUT2D eigenvalue weighted by Crippen LogP contribution is 1.94. The molecule has 2 N–H and O–H groups in total. The maximum absolute atomic E-state index is 11.3. The van der Waals surface area contributed by atoms with Crippen LogP contribution in [0.1, 0.15) is 19.4 Å². The van der Waals surface area contributed by atoms with Gasteiger partial charge < -0.3 is 14.5 Å². The van der Waals surface area contributed by atoms with Gasteiger partial charge >= 0.3 is 17.6 Å². The van der Waals surface area contributed by atoms with E-state index in [4.69, 9.17) is 9.47 Å². The highest BCUT2D eigenvalue weighted by molar-refractivity contribution is 5.91. The first kappa shape index (κ1) is 15.4. The largest absolute Gasteiger partial charge is 0.460 e. The molecule has 1 rings (SSSR count). The zero-order chi connectivity index (χ0) is 15.1. The minimum Gasteiger partial charge on any atom is -0.460 e. The van der Waals surface area contributed by atoms with Crippen LogP contribution in [0.15, 0.2) is 27.9 Å². The summed E-state index contributed by atoms with van der Waals surface area (Å²) in [4.78, 5) is 48.7. The third kappa shape index (κ3) is 5.34. The van der Waals surface area contributed by atoms with Crippen LogP contribution in [0.5, 0.6) is 0 Å². The lowest BCUT2D eigenvalue weighted by Crippen LogP contribution is -2.25. The summed E-state index contributed by atoms with van der Waals surface area (Å²) in [7, 11) is 0. The predicted octanol–water partition coefficient (Wildman–Crippen LogP) is -0.386. The van der Waals surface area contributed by atoms with E-state index in [1.807, 2.05) is 4.98 Å². The van der Waals surface area contributed by atoms with Gasteiger partial charge in [-0.05, 0) is 13.8 Å². The number of carbonyl (C=O) groups excluding carboxylic acids is 2. The van der Waals surface area contributed by atoms with Gasteiger partial charge in [0.25, 0.3) is 5.56 Å². The minimum absolute atomic E-state index is 0.0797. The Bertz CT molecular complexity index is 625. The van der Waals surface area contributed by atoms with E-state index in [2.05, 4.69) is 4.98 Å². The molecule has 0 aliphatic rings. The van der Waals surface area contributed by atoms with Crippen molar-refractivity contribution in [2.24, 2.45) is 0 Å². The van der Waals surface area contributed by atoms with E-state index in [-0.39, 0.29) is 18.3 Å². The molecule has 0 aliphatic carbocycles. The van der Waals surface area contributed by atoms with Crippen LogP contribution in [0.25, 0.3) is 0 Å². The molecule has 0 unspecified atom stereocenters. The molecular weight excluding hydrogens is 268 g/mol. The highest BCUT2D eigenvalue weighted by atomic mass is 16.5. The maximum atomic E-state index is 11.3. The quantitative estimate of drug-likeness (QED) is 0.561. The van der Waals surface area contributed by atoms with Gasteiger partial charge in [-0.3, -0.25) is 9.78 Å². The lowest BCUT2D eigenvalue weighted by molar-refractivity contribution is -0.143. The van der Waals surface area contributed by atoms with Gasteiger partial charge in [0.15, 0.2) is 0 Å². The van der Waals surface area contributed by atoms with Gasteiger partial charge in [0.05, 0.1) is 11.7 Å². The number of hydrogen-bond acceptors (Lipinski definition) is 6. The third-order valence-corrected chi connectivity index (χ3v) is 1.97. The summed E-state index contributed by atoms with van der Waals surface area (Å²) in [6.45, 7) is 3.02. The Kier molecular flexibility index (Phi) is 5.45. The number of esters is 2. The standard InChI is InChI=1S/C12H14N2O6/c1-7(2)20-10(16)4-3-9(15)19-6-8-5-13-12(18)14-11(8)17/h3-5,7H,6H2,1-2H3,(H2,13,14,17,18)/b4-3+. The number of carbonyl (C=O) groups is 2. The zero-order valence-electron chi connectivity index (χ0n) is 11.0. The van der Waals surface area contributed by atoms with Crippen molar-refractivity contribution >= 4 is 11.9 Å². The van der Waals surface area contributed by atoms with Gasteiger partial charge in [-0.1, -0.05) is 0 Å². The molecular formula is C12H14N2O6. The number of aromatic amines is 2. The van der Waals surface area contributed by atoms with E-state index in [9.17, 15) is 19.2 Å². The fourth-order valence-electron chi connectivity index (χ4n) is 1.15. The lowest BCUT2D eigenvalue weighted by atomic mass is 10.3. The van der Waals surface area contributed by atoms with Crippen molar-refractivity contribution in [3.63, 3.8) is 0 Å². The summed E-state index contributed by atoms with van der Waals surface area (Å²) in [5.74, 6) is -1.48. The smallest absolute Gasteiger partial charge is 0.331 e. The van der Waals surface area contributed by atoms with Crippen LogP contribution in [0, 0.1) is 0 Å². The molecule has 0 spiro atoms. The molecule has 0 saturated carbocycles. The number of aromatic nitrogens is 2. The van der Waals surface area contributed by atoms with E-state index >= 15 is 0 Å². The van der Waals surface area contributed by atoms with Gasteiger partial charge in [-0.25, -0.2) is 14.4 Å². The fourth-order valence-corrected chi connectivity index (χ4v) is 1.15. The molecule has 0 aliphatic heterocycles. The van der Waals surface area contributed by atoms with Crippen LogP contribution in [-0.2, 0) is 25.7 Å². The molecule has 108 valence electrons. The average Bonchev–Trinajstić information content (AvgIpc) is 2.34. The Balaban J connectivity index is 2.51. The molecule has 8 nitrogen and oxygen atoms in total. The average molecular weight is 282 g/mol. The van der Waals surface area contributed by atoms with Crippen LogP contribution in [0.4, 0.5) is 0 Å². The lowest BCUT2D eigenvalue weighted by Gasteiger charge is -2.04. The van der Waals surface area contributed by atoms with Crippen LogP contribution in [0.3, 0.4) is 0 Å². The molecule has 0 amide bonds. The number of nitrogens with one attached hydrogen (secondary N) is 2. The van der Waals surface area contributed by atoms with Gasteiger partial charge in [-0.15, -0.1) is 0 Å². The molecule has 20 heavy (non-hydrogen) atoms. The Morgan fingerprint density at radius 1 is 1.25 bits per heavy atom. The Morgan fingerprint density at radius 3 is 2.50 bits per heavy atom. The van der Waals surface area contributed by atoms with Gasteiger partial charge in [0.1, 0.15) is 6.61 Å². The second kappa shape index (κ2) is 7.07. The summed E-state index contributed by atoms with van der Waals surface area (Å²) in [6.07, 6.45) is 2.68. The monoisotopic (exact) mass is 282 g/mol. The first-order chi connectivity index (χ1) is 9.38. The van der Waals surface area contributed by atoms with Crippen molar-refractivity contribution in [3.8, 4) is 0 Å². The predicted molar refractivity (Wildman–Crippen MR) is 67.8 cm³/mol. The van der Waals surface area contributed by atoms with Crippen LogP contribution < -0.4 is 11.2 Å². The van der Waals surface area contributed by atoms with Gasteiger partial charge in [0, 0.05) is 18.3 Å². The number of rotatable bonds is 5. The molecule has 0 bridgehead atoms. The molecule has 8 heteroatoms.